The van der Waals surface area contributed by atoms with E-state index in [1.54, 1.807) is 0 Å². The van der Waals surface area contributed by atoms with Crippen LogP contribution in [0.3, 0.4) is 0 Å². The normalized spacial score (nSPS) is 23.6. The third-order valence-corrected chi connectivity index (χ3v) is 4.49. The molecule has 2 aliphatic heterocycles. The van der Waals surface area contributed by atoms with Gasteiger partial charge in [-0.15, -0.1) is 0 Å². The minimum Gasteiger partial charge on any atom is -0.377 e. The van der Waals surface area contributed by atoms with Crippen LogP contribution in [0.4, 0.5) is 5.69 Å². The highest BCUT2D eigenvalue weighted by Crippen LogP contribution is 2.15. The largest absolute Gasteiger partial charge is 0.377 e. The standard InChI is InChI=1S/C17H27N3O/c1-2-5-16(6-3-1)20-12-10-19(11-13-20)9-8-18-15-17-7-4-14-21-17/h1-3,5-6,17-18H,4,7-15H2. The van der Waals surface area contributed by atoms with E-state index in [-0.39, 0.29) is 0 Å². The lowest BCUT2D eigenvalue weighted by atomic mass is 10.2. The van der Waals surface area contributed by atoms with E-state index < -0.39 is 0 Å². The molecule has 116 valence electrons. The molecular weight excluding hydrogens is 262 g/mol. The van der Waals surface area contributed by atoms with Crippen molar-refractivity contribution >= 4 is 5.69 Å². The molecule has 0 spiro atoms. The van der Waals surface area contributed by atoms with Gasteiger partial charge in [0.2, 0.25) is 0 Å². The molecule has 2 aliphatic rings. The summed E-state index contributed by atoms with van der Waals surface area (Å²) in [6, 6.07) is 10.7. The zero-order valence-corrected chi connectivity index (χ0v) is 12.8. The first-order valence-corrected chi connectivity index (χ1v) is 8.26. The van der Waals surface area contributed by atoms with Gasteiger partial charge in [0, 0.05) is 58.1 Å². The van der Waals surface area contributed by atoms with E-state index >= 15 is 0 Å². The Morgan fingerprint density at radius 1 is 1.10 bits per heavy atom. The van der Waals surface area contributed by atoms with Gasteiger partial charge in [0.15, 0.2) is 0 Å². The lowest BCUT2D eigenvalue weighted by Gasteiger charge is -2.36. The lowest BCUT2D eigenvalue weighted by molar-refractivity contribution is 0.109. The molecule has 21 heavy (non-hydrogen) atoms. The molecule has 4 heteroatoms. The van der Waals surface area contributed by atoms with Gasteiger partial charge in [0.05, 0.1) is 6.10 Å². The highest BCUT2D eigenvalue weighted by molar-refractivity contribution is 5.46. The summed E-state index contributed by atoms with van der Waals surface area (Å²) < 4.78 is 5.63. The Bertz CT molecular complexity index is 398. The second kappa shape index (κ2) is 7.78. The SMILES string of the molecule is c1ccc(N2CCN(CCNCC3CCCO3)CC2)cc1. The van der Waals surface area contributed by atoms with Crippen LogP contribution in [0.25, 0.3) is 0 Å². The van der Waals surface area contributed by atoms with E-state index in [9.17, 15) is 0 Å². The number of hydrogen-bond donors (Lipinski definition) is 1. The first-order valence-electron chi connectivity index (χ1n) is 8.26. The minimum atomic E-state index is 0.458. The Labute approximate surface area is 128 Å². The molecule has 1 aromatic rings. The third-order valence-electron chi connectivity index (χ3n) is 4.49. The minimum absolute atomic E-state index is 0.458. The molecule has 1 aromatic carbocycles. The fourth-order valence-corrected chi connectivity index (χ4v) is 3.17. The Hall–Kier alpha value is -1.10. The van der Waals surface area contributed by atoms with Gasteiger partial charge in [-0.3, -0.25) is 4.90 Å². The predicted molar refractivity (Wildman–Crippen MR) is 86.9 cm³/mol. The summed E-state index contributed by atoms with van der Waals surface area (Å²) in [6.45, 7) is 8.79. The van der Waals surface area contributed by atoms with Crippen molar-refractivity contribution in [2.24, 2.45) is 0 Å². The molecule has 1 N–H and O–H groups in total. The van der Waals surface area contributed by atoms with Crippen LogP contribution in [0, 0.1) is 0 Å². The summed E-state index contributed by atoms with van der Waals surface area (Å²) in [5.41, 5.74) is 1.36. The summed E-state index contributed by atoms with van der Waals surface area (Å²) >= 11 is 0. The highest BCUT2D eigenvalue weighted by atomic mass is 16.5. The number of ether oxygens (including phenoxy) is 1. The fraction of sp³-hybridized carbons (Fsp3) is 0.647. The number of hydrogen-bond acceptors (Lipinski definition) is 4. The van der Waals surface area contributed by atoms with E-state index in [4.69, 9.17) is 4.74 Å². The number of piperazine rings is 1. The van der Waals surface area contributed by atoms with Crippen LogP contribution >= 0.6 is 0 Å². The van der Waals surface area contributed by atoms with Gasteiger partial charge in [-0.2, -0.15) is 0 Å². The second-order valence-corrected chi connectivity index (χ2v) is 6.00. The highest BCUT2D eigenvalue weighted by Gasteiger charge is 2.17. The number of nitrogens with one attached hydrogen (secondary N) is 1. The first kappa shape index (κ1) is 14.8. The molecule has 2 saturated heterocycles. The molecule has 0 aliphatic carbocycles. The Balaban J connectivity index is 1.30. The molecule has 2 fully saturated rings. The van der Waals surface area contributed by atoms with Crippen molar-refractivity contribution < 1.29 is 4.74 Å². The molecule has 3 rings (SSSR count). The van der Waals surface area contributed by atoms with Gasteiger partial charge in [-0.1, -0.05) is 18.2 Å². The summed E-state index contributed by atoms with van der Waals surface area (Å²) in [5, 5.41) is 3.54. The van der Waals surface area contributed by atoms with E-state index in [1.807, 2.05) is 0 Å². The molecular formula is C17H27N3O. The Kier molecular flexibility index (Phi) is 5.49. The van der Waals surface area contributed by atoms with E-state index in [0.29, 0.717) is 6.10 Å². The number of rotatable bonds is 6. The van der Waals surface area contributed by atoms with Crippen molar-refractivity contribution in [1.82, 2.24) is 10.2 Å². The summed E-state index contributed by atoms with van der Waals surface area (Å²) in [5.74, 6) is 0. The molecule has 1 unspecified atom stereocenters. The van der Waals surface area contributed by atoms with Crippen LogP contribution in [-0.2, 0) is 4.74 Å². The average molecular weight is 289 g/mol. The quantitative estimate of drug-likeness (QED) is 0.805. The molecule has 4 nitrogen and oxygen atoms in total. The third kappa shape index (κ3) is 4.43. The maximum absolute atomic E-state index is 5.63. The smallest absolute Gasteiger partial charge is 0.0700 e. The zero-order chi connectivity index (χ0) is 14.3. The summed E-state index contributed by atoms with van der Waals surface area (Å²) in [7, 11) is 0. The van der Waals surface area contributed by atoms with E-state index in [2.05, 4.69) is 45.4 Å². The van der Waals surface area contributed by atoms with Crippen LogP contribution in [0.5, 0.6) is 0 Å². The maximum atomic E-state index is 5.63. The Morgan fingerprint density at radius 3 is 2.62 bits per heavy atom. The van der Waals surface area contributed by atoms with Crippen LogP contribution in [-0.4, -0.2) is 63.4 Å². The van der Waals surface area contributed by atoms with Gasteiger partial charge in [-0.25, -0.2) is 0 Å². The van der Waals surface area contributed by atoms with Crippen molar-refractivity contribution in [3.05, 3.63) is 30.3 Å². The fourth-order valence-electron chi connectivity index (χ4n) is 3.17. The van der Waals surface area contributed by atoms with E-state index in [0.717, 1.165) is 52.4 Å². The van der Waals surface area contributed by atoms with Crippen LogP contribution in [0.1, 0.15) is 12.8 Å². The monoisotopic (exact) mass is 289 g/mol. The van der Waals surface area contributed by atoms with Gasteiger partial charge in [0.25, 0.3) is 0 Å². The molecule has 2 heterocycles. The lowest BCUT2D eigenvalue weighted by Crippen LogP contribution is -2.48. The predicted octanol–water partition coefficient (Wildman–Crippen LogP) is 1.58. The summed E-state index contributed by atoms with van der Waals surface area (Å²) in [4.78, 5) is 5.04. The molecule has 0 saturated carbocycles. The van der Waals surface area contributed by atoms with Crippen molar-refractivity contribution in [3.63, 3.8) is 0 Å². The number of benzene rings is 1. The van der Waals surface area contributed by atoms with Gasteiger partial charge in [0.1, 0.15) is 0 Å². The van der Waals surface area contributed by atoms with Crippen LogP contribution in [0.15, 0.2) is 30.3 Å². The van der Waals surface area contributed by atoms with Crippen LogP contribution < -0.4 is 10.2 Å². The zero-order valence-electron chi connectivity index (χ0n) is 12.8. The molecule has 0 amide bonds. The van der Waals surface area contributed by atoms with Crippen molar-refractivity contribution in [3.8, 4) is 0 Å². The molecule has 0 radical (unpaired) electrons. The van der Waals surface area contributed by atoms with Crippen LogP contribution in [0.2, 0.25) is 0 Å². The molecule has 0 bridgehead atoms. The number of anilines is 1. The second-order valence-electron chi connectivity index (χ2n) is 6.00. The molecule has 1 atom stereocenters. The summed E-state index contributed by atoms with van der Waals surface area (Å²) in [6.07, 6.45) is 2.91. The van der Waals surface area contributed by atoms with Crippen molar-refractivity contribution in [1.29, 1.82) is 0 Å². The van der Waals surface area contributed by atoms with Gasteiger partial charge in [-0.05, 0) is 25.0 Å². The van der Waals surface area contributed by atoms with Gasteiger partial charge < -0.3 is 15.0 Å². The van der Waals surface area contributed by atoms with Gasteiger partial charge >= 0.3 is 0 Å². The topological polar surface area (TPSA) is 27.7 Å². The first-order chi connectivity index (χ1) is 10.4. The average Bonchev–Trinajstić information content (AvgIpc) is 3.06. The van der Waals surface area contributed by atoms with E-state index in [1.165, 1.54) is 18.5 Å². The number of para-hydroxylation sites is 1. The van der Waals surface area contributed by atoms with Crippen molar-refractivity contribution in [2.45, 2.75) is 18.9 Å². The number of nitrogens with zero attached hydrogens (tertiary/aromatic N) is 2. The maximum Gasteiger partial charge on any atom is 0.0700 e. The van der Waals surface area contributed by atoms with Crippen molar-refractivity contribution in [2.75, 3.05) is 57.3 Å². The Morgan fingerprint density at radius 2 is 1.90 bits per heavy atom. The molecule has 0 aromatic heterocycles.